The molecule has 1 unspecified atom stereocenters. The Bertz CT molecular complexity index is 589. The van der Waals surface area contributed by atoms with E-state index in [1.165, 1.54) is 0 Å². The van der Waals surface area contributed by atoms with Gasteiger partial charge >= 0.3 is 0 Å². The van der Waals surface area contributed by atoms with Gasteiger partial charge in [0, 0.05) is 10.5 Å². The predicted octanol–water partition coefficient (Wildman–Crippen LogP) is 3.33. The van der Waals surface area contributed by atoms with Crippen molar-refractivity contribution in [3.05, 3.63) is 57.6 Å². The van der Waals surface area contributed by atoms with Gasteiger partial charge in [-0.3, -0.25) is 5.84 Å². The maximum atomic E-state index is 5.77. The lowest BCUT2D eigenvalue weighted by atomic mass is 9.97. The Morgan fingerprint density at radius 3 is 2.00 bits per heavy atom. The predicted molar refractivity (Wildman–Crippen MR) is 87.6 cm³/mol. The normalized spacial score (nSPS) is 12.0. The molecular formula is C16H19BrN2O2. The molecule has 0 aromatic heterocycles. The van der Waals surface area contributed by atoms with Crippen LogP contribution in [-0.2, 0) is 0 Å². The van der Waals surface area contributed by atoms with Crippen molar-refractivity contribution in [1.82, 2.24) is 5.43 Å². The van der Waals surface area contributed by atoms with Gasteiger partial charge in [-0.25, -0.2) is 5.43 Å². The number of halogens is 1. The van der Waals surface area contributed by atoms with Crippen LogP contribution in [0.2, 0.25) is 0 Å². The van der Waals surface area contributed by atoms with Crippen molar-refractivity contribution in [2.24, 2.45) is 5.84 Å². The summed E-state index contributed by atoms with van der Waals surface area (Å²) in [6.45, 7) is 2.05. The number of hydrogen-bond acceptors (Lipinski definition) is 4. The molecule has 0 heterocycles. The third-order valence-electron chi connectivity index (χ3n) is 3.27. The molecule has 0 saturated carbocycles. The SMILES string of the molecule is COc1cc(OC)cc(C(NN)c2cc(C)cc(Br)c2)c1. The van der Waals surface area contributed by atoms with Gasteiger partial charge in [-0.1, -0.05) is 22.0 Å². The van der Waals surface area contributed by atoms with E-state index in [1.54, 1.807) is 14.2 Å². The highest BCUT2D eigenvalue weighted by molar-refractivity contribution is 9.10. The van der Waals surface area contributed by atoms with Crippen LogP contribution in [0.1, 0.15) is 22.7 Å². The highest BCUT2D eigenvalue weighted by atomic mass is 79.9. The van der Waals surface area contributed by atoms with E-state index < -0.39 is 0 Å². The number of nitrogens with one attached hydrogen (secondary N) is 1. The van der Waals surface area contributed by atoms with Crippen molar-refractivity contribution >= 4 is 15.9 Å². The summed E-state index contributed by atoms with van der Waals surface area (Å²) in [6.07, 6.45) is 0. The fourth-order valence-electron chi connectivity index (χ4n) is 2.31. The molecule has 21 heavy (non-hydrogen) atoms. The lowest BCUT2D eigenvalue weighted by Gasteiger charge is -2.19. The first-order valence-electron chi connectivity index (χ1n) is 6.53. The molecule has 3 N–H and O–H groups in total. The van der Waals surface area contributed by atoms with Gasteiger partial charge in [-0.15, -0.1) is 0 Å². The zero-order chi connectivity index (χ0) is 15.4. The number of hydrogen-bond donors (Lipinski definition) is 2. The van der Waals surface area contributed by atoms with E-state index in [4.69, 9.17) is 15.3 Å². The Balaban J connectivity index is 2.49. The molecule has 0 saturated heterocycles. The maximum absolute atomic E-state index is 5.77. The zero-order valence-electron chi connectivity index (χ0n) is 12.3. The maximum Gasteiger partial charge on any atom is 0.122 e. The Hall–Kier alpha value is -1.56. The average Bonchev–Trinajstić information content (AvgIpc) is 2.46. The standard InChI is InChI=1S/C16H19BrN2O2/c1-10-4-11(6-13(17)5-10)16(19-18)12-7-14(20-2)9-15(8-12)21-3/h4-9,16,19H,18H2,1-3H3. The van der Waals surface area contributed by atoms with Crippen LogP contribution in [0, 0.1) is 6.92 Å². The summed E-state index contributed by atoms with van der Waals surface area (Å²) in [5.41, 5.74) is 6.07. The first-order chi connectivity index (χ1) is 10.1. The molecule has 0 aliphatic heterocycles. The third-order valence-corrected chi connectivity index (χ3v) is 3.73. The van der Waals surface area contributed by atoms with Gasteiger partial charge in [-0.2, -0.15) is 0 Å². The second-order valence-electron chi connectivity index (χ2n) is 4.81. The average molecular weight is 351 g/mol. The minimum atomic E-state index is -0.148. The molecular weight excluding hydrogens is 332 g/mol. The fraction of sp³-hybridized carbons (Fsp3) is 0.250. The second kappa shape index (κ2) is 6.93. The number of aryl methyl sites for hydroxylation is 1. The van der Waals surface area contributed by atoms with E-state index in [2.05, 4.69) is 33.5 Å². The first-order valence-corrected chi connectivity index (χ1v) is 7.33. The van der Waals surface area contributed by atoms with Crippen molar-refractivity contribution in [3.63, 3.8) is 0 Å². The quantitative estimate of drug-likeness (QED) is 0.641. The van der Waals surface area contributed by atoms with E-state index in [9.17, 15) is 0 Å². The van der Waals surface area contributed by atoms with E-state index in [0.29, 0.717) is 0 Å². The zero-order valence-corrected chi connectivity index (χ0v) is 13.9. The smallest absolute Gasteiger partial charge is 0.122 e. The fourth-order valence-corrected chi connectivity index (χ4v) is 2.94. The van der Waals surface area contributed by atoms with Gasteiger partial charge in [-0.05, 0) is 47.9 Å². The van der Waals surface area contributed by atoms with Crippen molar-refractivity contribution in [2.75, 3.05) is 14.2 Å². The molecule has 0 bridgehead atoms. The van der Waals surface area contributed by atoms with Crippen LogP contribution in [0.15, 0.2) is 40.9 Å². The van der Waals surface area contributed by atoms with Crippen LogP contribution in [0.3, 0.4) is 0 Å². The first kappa shape index (κ1) is 15.8. The monoisotopic (exact) mass is 350 g/mol. The summed E-state index contributed by atoms with van der Waals surface area (Å²) >= 11 is 3.52. The van der Waals surface area contributed by atoms with Crippen molar-refractivity contribution in [1.29, 1.82) is 0 Å². The summed E-state index contributed by atoms with van der Waals surface area (Å²) < 4.78 is 11.7. The summed E-state index contributed by atoms with van der Waals surface area (Å²) in [5, 5.41) is 0. The van der Waals surface area contributed by atoms with Crippen LogP contribution in [0.5, 0.6) is 11.5 Å². The molecule has 4 nitrogen and oxygen atoms in total. The third kappa shape index (κ3) is 3.75. The molecule has 2 aromatic rings. The van der Waals surface area contributed by atoms with Gasteiger partial charge in [0.15, 0.2) is 0 Å². The van der Waals surface area contributed by atoms with E-state index in [0.717, 1.165) is 32.7 Å². The van der Waals surface area contributed by atoms with Crippen LogP contribution in [-0.4, -0.2) is 14.2 Å². The lowest BCUT2D eigenvalue weighted by molar-refractivity contribution is 0.392. The summed E-state index contributed by atoms with van der Waals surface area (Å²) in [7, 11) is 3.26. The molecule has 5 heteroatoms. The van der Waals surface area contributed by atoms with Crippen molar-refractivity contribution < 1.29 is 9.47 Å². The molecule has 2 rings (SSSR count). The van der Waals surface area contributed by atoms with Crippen LogP contribution in [0.25, 0.3) is 0 Å². The highest BCUT2D eigenvalue weighted by Gasteiger charge is 2.15. The molecule has 1 atom stereocenters. The van der Waals surface area contributed by atoms with Crippen LogP contribution >= 0.6 is 15.9 Å². The van der Waals surface area contributed by atoms with Gasteiger partial charge < -0.3 is 9.47 Å². The van der Waals surface area contributed by atoms with E-state index in [1.807, 2.05) is 31.2 Å². The summed E-state index contributed by atoms with van der Waals surface area (Å²) in [5.74, 6) is 7.24. The van der Waals surface area contributed by atoms with Crippen molar-refractivity contribution in [2.45, 2.75) is 13.0 Å². The Kier molecular flexibility index (Phi) is 5.22. The number of methoxy groups -OCH3 is 2. The van der Waals surface area contributed by atoms with E-state index >= 15 is 0 Å². The highest BCUT2D eigenvalue weighted by Crippen LogP contribution is 2.31. The lowest BCUT2D eigenvalue weighted by Crippen LogP contribution is -2.29. The molecule has 0 aliphatic carbocycles. The molecule has 112 valence electrons. The molecule has 0 amide bonds. The Morgan fingerprint density at radius 2 is 1.52 bits per heavy atom. The van der Waals surface area contributed by atoms with Crippen LogP contribution in [0.4, 0.5) is 0 Å². The second-order valence-corrected chi connectivity index (χ2v) is 5.72. The molecule has 0 fully saturated rings. The van der Waals surface area contributed by atoms with Crippen molar-refractivity contribution in [3.8, 4) is 11.5 Å². The van der Waals surface area contributed by atoms with E-state index in [-0.39, 0.29) is 6.04 Å². The minimum Gasteiger partial charge on any atom is -0.497 e. The van der Waals surface area contributed by atoms with Crippen LogP contribution < -0.4 is 20.7 Å². The van der Waals surface area contributed by atoms with Gasteiger partial charge in [0.25, 0.3) is 0 Å². The Labute approximate surface area is 133 Å². The topological polar surface area (TPSA) is 56.5 Å². The summed E-state index contributed by atoms with van der Waals surface area (Å²) in [4.78, 5) is 0. The number of nitrogens with two attached hydrogens (primary N) is 1. The minimum absolute atomic E-state index is 0.148. The number of ether oxygens (including phenoxy) is 2. The van der Waals surface area contributed by atoms with Gasteiger partial charge in [0.05, 0.1) is 20.3 Å². The number of hydrazine groups is 1. The van der Waals surface area contributed by atoms with Gasteiger partial charge in [0.2, 0.25) is 0 Å². The number of benzene rings is 2. The molecule has 0 radical (unpaired) electrons. The largest absolute Gasteiger partial charge is 0.497 e. The summed E-state index contributed by atoms with van der Waals surface area (Å²) in [6, 6.07) is 11.8. The molecule has 0 aliphatic rings. The number of rotatable bonds is 5. The Morgan fingerprint density at radius 1 is 0.952 bits per heavy atom. The molecule has 0 spiro atoms. The molecule has 2 aromatic carbocycles. The van der Waals surface area contributed by atoms with Gasteiger partial charge in [0.1, 0.15) is 11.5 Å².